The molecule has 0 saturated carbocycles. The number of benzene rings is 3. The van der Waals surface area contributed by atoms with Crippen LogP contribution in [-0.4, -0.2) is 22.9 Å². The molecule has 0 spiro atoms. The first-order chi connectivity index (χ1) is 13.1. The van der Waals surface area contributed by atoms with Gasteiger partial charge in [-0.15, -0.1) is 0 Å². The third-order valence-corrected chi connectivity index (χ3v) is 4.91. The Kier molecular flexibility index (Phi) is 6.52. The number of fused-ring (bicyclic) bond motifs is 1. The molecule has 3 N–H and O–H groups in total. The van der Waals surface area contributed by atoms with E-state index in [-0.39, 0.29) is 12.4 Å². The third kappa shape index (κ3) is 4.90. The van der Waals surface area contributed by atoms with Crippen LogP contribution in [0.25, 0.3) is 10.8 Å². The van der Waals surface area contributed by atoms with Crippen molar-refractivity contribution in [2.24, 2.45) is 0 Å². The summed E-state index contributed by atoms with van der Waals surface area (Å²) in [6.07, 6.45) is -0.390. The smallest absolute Gasteiger partial charge is 0.412 e. The fourth-order valence-corrected chi connectivity index (χ4v) is 3.46. The van der Waals surface area contributed by atoms with Gasteiger partial charge in [-0.25, -0.2) is 4.79 Å². The van der Waals surface area contributed by atoms with Crippen molar-refractivity contribution in [3.8, 4) is 5.75 Å². The standard InChI is InChI=1S/C21H20INO4/c22-15-10-11-19(25)17(13-15)20(9-4-12-24)27-21(26)23-18-8-3-6-14-5-1-2-7-16(14)18/h1-3,5-8,10-11,13,20,24-25H,4,9,12H2,(H,23,26)/t20-/m0/s1. The van der Waals surface area contributed by atoms with Crippen LogP contribution in [0.15, 0.2) is 60.7 Å². The molecule has 0 heterocycles. The molecule has 1 atom stereocenters. The van der Waals surface area contributed by atoms with Crippen LogP contribution in [0.3, 0.4) is 0 Å². The Morgan fingerprint density at radius 3 is 2.70 bits per heavy atom. The lowest BCUT2D eigenvalue weighted by atomic mass is 10.0. The number of aliphatic hydroxyl groups excluding tert-OH is 1. The van der Waals surface area contributed by atoms with Gasteiger partial charge in [0.15, 0.2) is 0 Å². The van der Waals surface area contributed by atoms with Gasteiger partial charge < -0.3 is 14.9 Å². The molecule has 0 unspecified atom stereocenters. The van der Waals surface area contributed by atoms with E-state index in [4.69, 9.17) is 9.84 Å². The lowest BCUT2D eigenvalue weighted by molar-refractivity contribution is 0.0980. The highest BCUT2D eigenvalue weighted by atomic mass is 127. The lowest BCUT2D eigenvalue weighted by Crippen LogP contribution is -2.18. The van der Waals surface area contributed by atoms with Crippen molar-refractivity contribution in [1.82, 2.24) is 0 Å². The number of phenols is 1. The average molecular weight is 477 g/mol. The number of aliphatic hydroxyl groups is 1. The van der Waals surface area contributed by atoms with E-state index in [0.717, 1.165) is 14.3 Å². The number of hydrogen-bond acceptors (Lipinski definition) is 4. The van der Waals surface area contributed by atoms with Crippen LogP contribution in [0.2, 0.25) is 0 Å². The first-order valence-electron chi connectivity index (χ1n) is 8.63. The normalized spacial score (nSPS) is 11.9. The summed E-state index contributed by atoms with van der Waals surface area (Å²) in [6, 6.07) is 18.5. The number of phenolic OH excluding ortho intramolecular Hbond substituents is 1. The van der Waals surface area contributed by atoms with Crippen LogP contribution in [0.4, 0.5) is 10.5 Å². The van der Waals surface area contributed by atoms with Gasteiger partial charge in [0.1, 0.15) is 11.9 Å². The van der Waals surface area contributed by atoms with Gasteiger partial charge in [0, 0.05) is 21.1 Å². The minimum atomic E-state index is -0.651. The molecule has 3 rings (SSSR count). The van der Waals surface area contributed by atoms with Crippen molar-refractivity contribution in [2.75, 3.05) is 11.9 Å². The van der Waals surface area contributed by atoms with E-state index in [9.17, 15) is 9.90 Å². The van der Waals surface area contributed by atoms with E-state index in [1.807, 2.05) is 42.5 Å². The third-order valence-electron chi connectivity index (χ3n) is 4.24. The van der Waals surface area contributed by atoms with Crippen LogP contribution in [-0.2, 0) is 4.74 Å². The van der Waals surface area contributed by atoms with Crippen LogP contribution in [0.5, 0.6) is 5.75 Å². The maximum absolute atomic E-state index is 12.5. The monoisotopic (exact) mass is 477 g/mol. The molecule has 0 fully saturated rings. The number of hydrogen-bond donors (Lipinski definition) is 3. The fraction of sp³-hybridized carbons (Fsp3) is 0.190. The Morgan fingerprint density at radius 1 is 1.11 bits per heavy atom. The Morgan fingerprint density at radius 2 is 1.89 bits per heavy atom. The predicted molar refractivity (Wildman–Crippen MR) is 114 cm³/mol. The molecule has 1 amide bonds. The summed E-state index contributed by atoms with van der Waals surface area (Å²) in [5.41, 5.74) is 1.19. The quantitative estimate of drug-likeness (QED) is 0.426. The summed E-state index contributed by atoms with van der Waals surface area (Å²) in [7, 11) is 0. The average Bonchev–Trinajstić information content (AvgIpc) is 2.67. The highest BCUT2D eigenvalue weighted by molar-refractivity contribution is 14.1. The first kappa shape index (κ1) is 19.4. The maximum Gasteiger partial charge on any atom is 0.412 e. The molecule has 5 nitrogen and oxygen atoms in total. The van der Waals surface area contributed by atoms with Crippen LogP contribution >= 0.6 is 22.6 Å². The van der Waals surface area contributed by atoms with Gasteiger partial charge >= 0.3 is 6.09 Å². The van der Waals surface area contributed by atoms with E-state index in [2.05, 4.69) is 27.9 Å². The molecular weight excluding hydrogens is 457 g/mol. The Balaban J connectivity index is 1.81. The molecule has 0 aliphatic heterocycles. The van der Waals surface area contributed by atoms with Crippen LogP contribution < -0.4 is 5.32 Å². The van der Waals surface area contributed by atoms with Crippen LogP contribution in [0.1, 0.15) is 24.5 Å². The summed E-state index contributed by atoms with van der Waals surface area (Å²) < 4.78 is 6.53. The second-order valence-corrected chi connectivity index (χ2v) is 7.36. The molecule has 0 radical (unpaired) electrons. The highest BCUT2D eigenvalue weighted by Gasteiger charge is 2.20. The second-order valence-electron chi connectivity index (χ2n) is 6.11. The Bertz CT molecular complexity index is 939. The van der Waals surface area contributed by atoms with Gasteiger partial charge in [0.2, 0.25) is 0 Å². The van der Waals surface area contributed by atoms with Crippen molar-refractivity contribution >= 4 is 45.1 Å². The van der Waals surface area contributed by atoms with E-state index in [1.165, 1.54) is 0 Å². The summed E-state index contributed by atoms with van der Waals surface area (Å²) in [5.74, 6) is 0.0660. The molecule has 140 valence electrons. The molecule has 0 aliphatic rings. The summed E-state index contributed by atoms with van der Waals surface area (Å²) in [5, 5.41) is 24.0. The van der Waals surface area contributed by atoms with E-state index in [1.54, 1.807) is 18.2 Å². The number of ether oxygens (including phenoxy) is 1. The minimum Gasteiger partial charge on any atom is -0.508 e. The topological polar surface area (TPSA) is 78.8 Å². The summed E-state index contributed by atoms with van der Waals surface area (Å²) in [6.45, 7) is -0.0184. The number of carbonyl (C=O) groups is 1. The first-order valence-corrected chi connectivity index (χ1v) is 9.71. The number of halogens is 1. The summed E-state index contributed by atoms with van der Waals surface area (Å²) >= 11 is 2.14. The van der Waals surface area contributed by atoms with Gasteiger partial charge in [-0.2, -0.15) is 0 Å². The molecule has 27 heavy (non-hydrogen) atoms. The van der Waals surface area contributed by atoms with Crippen molar-refractivity contribution in [2.45, 2.75) is 18.9 Å². The SMILES string of the molecule is O=C(Nc1cccc2ccccc12)O[C@@H](CCCO)c1cc(I)ccc1O. The van der Waals surface area contributed by atoms with E-state index >= 15 is 0 Å². The van der Waals surface area contributed by atoms with Gasteiger partial charge in [0.25, 0.3) is 0 Å². The second kappa shape index (κ2) is 9.05. The molecule has 0 aromatic heterocycles. The molecular formula is C21H20INO4. The van der Waals surface area contributed by atoms with E-state index < -0.39 is 12.2 Å². The lowest BCUT2D eigenvalue weighted by Gasteiger charge is -2.20. The molecule has 0 saturated heterocycles. The number of anilines is 1. The predicted octanol–water partition coefficient (Wildman–Crippen LogP) is 5.21. The van der Waals surface area contributed by atoms with E-state index in [0.29, 0.717) is 24.1 Å². The van der Waals surface area contributed by atoms with Crippen molar-refractivity contribution in [1.29, 1.82) is 0 Å². The molecule has 3 aromatic rings. The Labute approximate surface area is 171 Å². The zero-order valence-electron chi connectivity index (χ0n) is 14.6. The van der Waals surface area contributed by atoms with Crippen molar-refractivity contribution in [3.63, 3.8) is 0 Å². The van der Waals surface area contributed by atoms with Gasteiger partial charge in [0.05, 0.1) is 5.69 Å². The number of rotatable bonds is 6. The van der Waals surface area contributed by atoms with Gasteiger partial charge in [-0.3, -0.25) is 5.32 Å². The zero-order chi connectivity index (χ0) is 19.2. The maximum atomic E-state index is 12.5. The van der Waals surface area contributed by atoms with Gasteiger partial charge in [-0.1, -0.05) is 36.4 Å². The number of amides is 1. The minimum absolute atomic E-state index is 0.0184. The summed E-state index contributed by atoms with van der Waals surface area (Å²) in [4.78, 5) is 12.5. The fourth-order valence-electron chi connectivity index (χ4n) is 2.94. The molecule has 3 aromatic carbocycles. The van der Waals surface area contributed by atoms with Crippen molar-refractivity contribution in [3.05, 3.63) is 69.8 Å². The molecule has 0 aliphatic carbocycles. The van der Waals surface area contributed by atoms with Gasteiger partial charge in [-0.05, 0) is 65.1 Å². The zero-order valence-corrected chi connectivity index (χ0v) is 16.7. The number of aromatic hydroxyl groups is 1. The number of nitrogens with one attached hydrogen (secondary N) is 1. The highest BCUT2D eigenvalue weighted by Crippen LogP contribution is 2.32. The van der Waals surface area contributed by atoms with Crippen LogP contribution in [0, 0.1) is 3.57 Å². The number of carbonyl (C=O) groups excluding carboxylic acids is 1. The largest absolute Gasteiger partial charge is 0.508 e. The molecule has 0 bridgehead atoms. The van der Waals surface area contributed by atoms with Crippen molar-refractivity contribution < 1.29 is 19.7 Å². The Hall–Kier alpha value is -2.32. The molecule has 6 heteroatoms.